The molecule has 24 heavy (non-hydrogen) atoms. The highest BCUT2D eigenvalue weighted by Gasteiger charge is 2.05. The van der Waals surface area contributed by atoms with Gasteiger partial charge in [-0.1, -0.05) is 42.5 Å². The fourth-order valence-electron chi connectivity index (χ4n) is 2.40. The molecule has 0 radical (unpaired) electrons. The molecule has 3 rings (SSSR count). The number of rotatable bonds is 4. The normalized spacial score (nSPS) is 10.8. The summed E-state index contributed by atoms with van der Waals surface area (Å²) in [5.41, 5.74) is 17.6. The number of nitrogens with two attached hydrogens (primary N) is 2. The zero-order valence-electron chi connectivity index (χ0n) is 13.2. The van der Waals surface area contributed by atoms with Gasteiger partial charge in [-0.3, -0.25) is 9.98 Å². The van der Waals surface area contributed by atoms with Crippen LogP contribution in [-0.4, -0.2) is 12.9 Å². The number of benzene rings is 3. The van der Waals surface area contributed by atoms with E-state index in [2.05, 4.69) is 16.7 Å². The summed E-state index contributed by atoms with van der Waals surface area (Å²) < 4.78 is 0. The van der Waals surface area contributed by atoms with Crippen molar-refractivity contribution in [1.82, 2.24) is 0 Å². The van der Waals surface area contributed by atoms with Crippen LogP contribution in [0.15, 0.2) is 76.7 Å². The van der Waals surface area contributed by atoms with E-state index < -0.39 is 0 Å². The maximum absolute atomic E-state index is 6.05. The third-order valence-electron chi connectivity index (χ3n) is 3.71. The highest BCUT2D eigenvalue weighted by atomic mass is 14.8. The molecule has 0 aliphatic heterocycles. The van der Waals surface area contributed by atoms with E-state index in [1.165, 1.54) is 0 Å². The van der Waals surface area contributed by atoms with Gasteiger partial charge in [0, 0.05) is 6.21 Å². The van der Waals surface area contributed by atoms with Crippen molar-refractivity contribution in [1.29, 1.82) is 0 Å². The summed E-state index contributed by atoms with van der Waals surface area (Å²) in [5.74, 6) is 0. The molecule has 4 N–H and O–H groups in total. The van der Waals surface area contributed by atoms with Gasteiger partial charge >= 0.3 is 0 Å². The summed E-state index contributed by atoms with van der Waals surface area (Å²) in [6.45, 7) is 3.51. The van der Waals surface area contributed by atoms with Crippen molar-refractivity contribution in [3.05, 3.63) is 72.3 Å². The maximum atomic E-state index is 6.05. The van der Waals surface area contributed by atoms with Crippen LogP contribution in [0.5, 0.6) is 0 Å². The molecule has 3 aromatic rings. The average Bonchev–Trinajstić information content (AvgIpc) is 2.62. The molecule has 0 atom stereocenters. The van der Waals surface area contributed by atoms with Crippen LogP contribution in [0.3, 0.4) is 0 Å². The van der Waals surface area contributed by atoms with Gasteiger partial charge in [0.15, 0.2) is 0 Å². The molecule has 0 aromatic heterocycles. The summed E-state index contributed by atoms with van der Waals surface area (Å²) in [5, 5.41) is 0. The lowest BCUT2D eigenvalue weighted by atomic mass is 10.0. The summed E-state index contributed by atoms with van der Waals surface area (Å²) in [4.78, 5) is 8.39. The van der Waals surface area contributed by atoms with Gasteiger partial charge in [-0.15, -0.1) is 0 Å². The minimum atomic E-state index is 0.591. The summed E-state index contributed by atoms with van der Waals surface area (Å²) in [7, 11) is 0. The van der Waals surface area contributed by atoms with E-state index in [0.29, 0.717) is 17.1 Å². The largest absolute Gasteiger partial charge is 0.397 e. The lowest BCUT2D eigenvalue weighted by Gasteiger charge is -2.08. The molecule has 0 fully saturated rings. The summed E-state index contributed by atoms with van der Waals surface area (Å²) in [6.07, 6.45) is 1.80. The molecular formula is C20H18N4. The third kappa shape index (κ3) is 3.33. The lowest BCUT2D eigenvalue weighted by Crippen LogP contribution is -1.89. The topological polar surface area (TPSA) is 76.8 Å². The van der Waals surface area contributed by atoms with Crippen LogP contribution in [0.25, 0.3) is 11.1 Å². The standard InChI is InChI=1S/C20H18N4/c1-23-19-10-8-15(11-18(19)22)16-7-9-17(21)20(12-16)24-13-14-5-3-2-4-6-14/h2-13H,1,21-22H2. The number of hydrogen-bond acceptors (Lipinski definition) is 4. The monoisotopic (exact) mass is 314 g/mol. The zero-order chi connectivity index (χ0) is 16.9. The van der Waals surface area contributed by atoms with Crippen molar-refractivity contribution in [3.8, 4) is 11.1 Å². The van der Waals surface area contributed by atoms with E-state index in [0.717, 1.165) is 22.4 Å². The molecule has 3 aromatic carbocycles. The molecular weight excluding hydrogens is 296 g/mol. The van der Waals surface area contributed by atoms with E-state index in [9.17, 15) is 0 Å². The smallest absolute Gasteiger partial charge is 0.0865 e. The van der Waals surface area contributed by atoms with Crippen molar-refractivity contribution >= 4 is 35.7 Å². The van der Waals surface area contributed by atoms with Crippen LogP contribution in [0, 0.1) is 0 Å². The van der Waals surface area contributed by atoms with Gasteiger partial charge < -0.3 is 11.5 Å². The Hall–Kier alpha value is -3.40. The Bertz CT molecular complexity index is 899. The van der Waals surface area contributed by atoms with Crippen molar-refractivity contribution in [3.63, 3.8) is 0 Å². The summed E-state index contributed by atoms with van der Waals surface area (Å²) in [6, 6.07) is 21.3. The number of anilines is 2. The Morgan fingerprint density at radius 3 is 2.17 bits per heavy atom. The van der Waals surface area contributed by atoms with Gasteiger partial charge in [0.1, 0.15) is 0 Å². The molecule has 0 saturated carbocycles. The Labute approximate surface area is 141 Å². The van der Waals surface area contributed by atoms with E-state index in [1.807, 2.05) is 66.7 Å². The first kappa shape index (κ1) is 15.5. The third-order valence-corrected chi connectivity index (χ3v) is 3.71. The molecule has 0 saturated heterocycles. The van der Waals surface area contributed by atoms with Crippen LogP contribution < -0.4 is 11.5 Å². The average molecular weight is 314 g/mol. The second kappa shape index (κ2) is 6.79. The Balaban J connectivity index is 1.95. The van der Waals surface area contributed by atoms with E-state index in [-0.39, 0.29) is 0 Å². The summed E-state index contributed by atoms with van der Waals surface area (Å²) >= 11 is 0. The molecule has 0 bridgehead atoms. The Morgan fingerprint density at radius 2 is 1.46 bits per heavy atom. The number of nitrogen functional groups attached to an aromatic ring is 2. The first-order chi connectivity index (χ1) is 11.7. The molecule has 4 heteroatoms. The number of hydrogen-bond donors (Lipinski definition) is 2. The van der Waals surface area contributed by atoms with Gasteiger partial charge in [-0.05, 0) is 47.7 Å². The van der Waals surface area contributed by atoms with E-state index >= 15 is 0 Å². The van der Waals surface area contributed by atoms with Crippen molar-refractivity contribution in [2.75, 3.05) is 11.5 Å². The number of nitrogens with zero attached hydrogens (tertiary/aromatic N) is 2. The van der Waals surface area contributed by atoms with Gasteiger partial charge in [0.05, 0.1) is 22.7 Å². The molecule has 0 aliphatic rings. The van der Waals surface area contributed by atoms with Crippen molar-refractivity contribution in [2.24, 2.45) is 9.98 Å². The van der Waals surface area contributed by atoms with Crippen LogP contribution >= 0.6 is 0 Å². The first-order valence-electron chi connectivity index (χ1n) is 7.52. The quantitative estimate of drug-likeness (QED) is 0.545. The first-order valence-corrected chi connectivity index (χ1v) is 7.52. The van der Waals surface area contributed by atoms with Crippen LogP contribution in [0.4, 0.5) is 22.7 Å². The SMILES string of the molecule is C=Nc1ccc(-c2ccc(N)c(N=Cc3ccccc3)c2)cc1N. The Kier molecular flexibility index (Phi) is 4.38. The highest BCUT2D eigenvalue weighted by molar-refractivity contribution is 5.85. The van der Waals surface area contributed by atoms with Crippen molar-refractivity contribution < 1.29 is 0 Å². The molecule has 118 valence electrons. The molecule has 0 heterocycles. The van der Waals surface area contributed by atoms with Crippen LogP contribution in [0.1, 0.15) is 5.56 Å². The van der Waals surface area contributed by atoms with Gasteiger partial charge in [-0.25, -0.2) is 0 Å². The number of aliphatic imine (C=N–C) groups is 2. The molecule has 0 aliphatic carbocycles. The molecule has 0 spiro atoms. The minimum absolute atomic E-state index is 0.591. The highest BCUT2D eigenvalue weighted by Crippen LogP contribution is 2.32. The fourth-order valence-corrected chi connectivity index (χ4v) is 2.40. The second-order valence-electron chi connectivity index (χ2n) is 5.37. The van der Waals surface area contributed by atoms with Crippen LogP contribution in [0.2, 0.25) is 0 Å². The fraction of sp³-hybridized carbons (Fsp3) is 0. The van der Waals surface area contributed by atoms with E-state index in [4.69, 9.17) is 11.5 Å². The second-order valence-corrected chi connectivity index (χ2v) is 5.37. The van der Waals surface area contributed by atoms with E-state index in [1.54, 1.807) is 6.21 Å². The molecule has 4 nitrogen and oxygen atoms in total. The van der Waals surface area contributed by atoms with Crippen molar-refractivity contribution in [2.45, 2.75) is 0 Å². The zero-order valence-corrected chi connectivity index (χ0v) is 13.2. The Morgan fingerprint density at radius 1 is 0.750 bits per heavy atom. The van der Waals surface area contributed by atoms with Gasteiger partial charge in [0.25, 0.3) is 0 Å². The van der Waals surface area contributed by atoms with Gasteiger partial charge in [-0.2, -0.15) is 0 Å². The predicted molar refractivity (Wildman–Crippen MR) is 104 cm³/mol. The molecule has 0 unspecified atom stereocenters. The maximum Gasteiger partial charge on any atom is 0.0865 e. The molecule has 0 amide bonds. The lowest BCUT2D eigenvalue weighted by molar-refractivity contribution is 1.50. The van der Waals surface area contributed by atoms with Crippen LogP contribution in [-0.2, 0) is 0 Å². The van der Waals surface area contributed by atoms with Gasteiger partial charge in [0.2, 0.25) is 0 Å². The minimum Gasteiger partial charge on any atom is -0.397 e. The predicted octanol–water partition coefficient (Wildman–Crippen LogP) is 4.60.